The van der Waals surface area contributed by atoms with Crippen LogP contribution in [0, 0.1) is 0 Å². The van der Waals surface area contributed by atoms with Gasteiger partial charge in [0.1, 0.15) is 11.6 Å². The molecule has 0 bridgehead atoms. The number of methoxy groups -OCH3 is 3. The average Bonchev–Trinajstić information content (AvgIpc) is 3.31. The number of aryl methyl sites for hydroxylation is 1. The number of aromatic nitrogens is 2. The fourth-order valence-electron chi connectivity index (χ4n) is 4.30. The van der Waals surface area contributed by atoms with Crippen molar-refractivity contribution >= 4 is 16.9 Å². The van der Waals surface area contributed by atoms with Crippen LogP contribution < -0.4 is 24.3 Å². The van der Waals surface area contributed by atoms with Crippen molar-refractivity contribution in [1.29, 1.82) is 0 Å². The number of carbonyl (C=O) groups is 1. The standard InChI is InChI=1S/C29H33N3O5/c1-20(30-29(33)21-18-25(34-2)27(36-4)26(19-21)35-3)28-31-23-14-8-9-15-24(23)32(28)16-10-11-17-37-22-12-6-5-7-13-22/h5-9,12-15,18-20H,10-11,16-17H2,1-4H3,(H,30,33). The van der Waals surface area contributed by atoms with Crippen LogP contribution in [0.5, 0.6) is 23.0 Å². The Morgan fingerprint density at radius 3 is 2.27 bits per heavy atom. The number of unbranched alkanes of at least 4 members (excludes halogenated alkanes) is 1. The molecule has 37 heavy (non-hydrogen) atoms. The zero-order valence-electron chi connectivity index (χ0n) is 21.7. The highest BCUT2D eigenvalue weighted by molar-refractivity contribution is 5.96. The molecule has 0 radical (unpaired) electrons. The summed E-state index contributed by atoms with van der Waals surface area (Å²) < 4.78 is 24.2. The van der Waals surface area contributed by atoms with E-state index in [4.69, 9.17) is 23.9 Å². The van der Waals surface area contributed by atoms with Crippen molar-refractivity contribution in [2.45, 2.75) is 32.4 Å². The molecule has 8 heteroatoms. The number of nitrogens with one attached hydrogen (secondary N) is 1. The van der Waals surface area contributed by atoms with Gasteiger partial charge in [-0.1, -0.05) is 30.3 Å². The SMILES string of the molecule is COc1cc(C(=O)NC(C)c2nc3ccccc3n2CCCCOc2ccccc2)cc(OC)c1OC. The van der Waals surface area contributed by atoms with E-state index in [0.29, 0.717) is 29.4 Å². The van der Waals surface area contributed by atoms with Crippen LogP contribution in [0.2, 0.25) is 0 Å². The van der Waals surface area contributed by atoms with Gasteiger partial charge in [0.05, 0.1) is 45.0 Å². The van der Waals surface area contributed by atoms with Gasteiger partial charge in [0, 0.05) is 12.1 Å². The molecule has 0 aliphatic rings. The lowest BCUT2D eigenvalue weighted by atomic mass is 10.1. The molecule has 1 unspecified atom stereocenters. The highest BCUT2D eigenvalue weighted by atomic mass is 16.5. The number of rotatable bonds is 12. The highest BCUT2D eigenvalue weighted by Gasteiger charge is 2.21. The van der Waals surface area contributed by atoms with Gasteiger partial charge in [-0.25, -0.2) is 4.98 Å². The largest absolute Gasteiger partial charge is 0.494 e. The Hall–Kier alpha value is -4.20. The molecule has 4 rings (SSSR count). The van der Waals surface area contributed by atoms with Crippen molar-refractivity contribution in [3.63, 3.8) is 0 Å². The van der Waals surface area contributed by atoms with Gasteiger partial charge >= 0.3 is 0 Å². The van der Waals surface area contributed by atoms with Gasteiger partial charge in [-0.05, 0) is 56.2 Å². The molecular formula is C29H33N3O5. The van der Waals surface area contributed by atoms with E-state index in [-0.39, 0.29) is 11.9 Å². The Morgan fingerprint density at radius 1 is 0.919 bits per heavy atom. The molecule has 1 amide bonds. The third kappa shape index (κ3) is 5.97. The van der Waals surface area contributed by atoms with Gasteiger partial charge in [0.2, 0.25) is 5.75 Å². The van der Waals surface area contributed by atoms with Crippen molar-refractivity contribution in [1.82, 2.24) is 14.9 Å². The summed E-state index contributed by atoms with van der Waals surface area (Å²) in [6, 6.07) is 20.8. The number of nitrogens with zero attached hydrogens (tertiary/aromatic N) is 2. The summed E-state index contributed by atoms with van der Waals surface area (Å²) in [7, 11) is 4.57. The zero-order chi connectivity index (χ0) is 26.2. The van der Waals surface area contributed by atoms with E-state index < -0.39 is 0 Å². The number of benzene rings is 3. The number of hydrogen-bond acceptors (Lipinski definition) is 6. The summed E-state index contributed by atoms with van der Waals surface area (Å²) in [6.45, 7) is 3.34. The monoisotopic (exact) mass is 503 g/mol. The van der Waals surface area contributed by atoms with Gasteiger partial charge in [0.25, 0.3) is 5.91 Å². The normalized spacial score (nSPS) is 11.7. The van der Waals surface area contributed by atoms with E-state index in [0.717, 1.165) is 42.0 Å². The highest BCUT2D eigenvalue weighted by Crippen LogP contribution is 2.38. The number of imidazole rings is 1. The summed E-state index contributed by atoms with van der Waals surface area (Å²) >= 11 is 0. The first-order valence-corrected chi connectivity index (χ1v) is 12.3. The summed E-state index contributed by atoms with van der Waals surface area (Å²) in [5.41, 5.74) is 2.34. The van der Waals surface area contributed by atoms with Crippen molar-refractivity contribution in [2.75, 3.05) is 27.9 Å². The van der Waals surface area contributed by atoms with Gasteiger partial charge in [-0.2, -0.15) is 0 Å². The van der Waals surface area contributed by atoms with Crippen LogP contribution in [-0.4, -0.2) is 43.4 Å². The van der Waals surface area contributed by atoms with Crippen LogP contribution in [0.15, 0.2) is 66.7 Å². The van der Waals surface area contributed by atoms with Gasteiger partial charge in [-0.15, -0.1) is 0 Å². The molecule has 0 aliphatic heterocycles. The Balaban J connectivity index is 1.48. The molecular weight excluding hydrogens is 470 g/mol. The maximum absolute atomic E-state index is 13.2. The van der Waals surface area contributed by atoms with Crippen LogP contribution in [0.4, 0.5) is 0 Å². The van der Waals surface area contributed by atoms with Crippen molar-refractivity contribution in [3.8, 4) is 23.0 Å². The predicted octanol–water partition coefficient (Wildman–Crippen LogP) is 5.41. The minimum atomic E-state index is -0.334. The second kappa shape index (κ2) is 12.2. The maximum Gasteiger partial charge on any atom is 0.252 e. The fourth-order valence-corrected chi connectivity index (χ4v) is 4.30. The Bertz CT molecular complexity index is 1310. The molecule has 1 N–H and O–H groups in total. The molecule has 4 aromatic rings. The minimum Gasteiger partial charge on any atom is -0.494 e. The summed E-state index contributed by atoms with van der Waals surface area (Å²) in [4.78, 5) is 18.1. The number of ether oxygens (including phenoxy) is 4. The van der Waals surface area contributed by atoms with E-state index in [2.05, 4.69) is 16.0 Å². The second-order valence-electron chi connectivity index (χ2n) is 8.59. The van der Waals surface area contributed by atoms with E-state index in [1.807, 2.05) is 55.5 Å². The first-order chi connectivity index (χ1) is 18.0. The van der Waals surface area contributed by atoms with E-state index >= 15 is 0 Å². The molecule has 1 aromatic heterocycles. The quantitative estimate of drug-likeness (QED) is 0.260. The number of carbonyl (C=O) groups excluding carboxylic acids is 1. The molecule has 194 valence electrons. The molecule has 0 saturated heterocycles. The topological polar surface area (TPSA) is 83.8 Å². The molecule has 0 saturated carbocycles. The van der Waals surface area contributed by atoms with E-state index in [9.17, 15) is 4.79 Å². The van der Waals surface area contributed by atoms with Crippen LogP contribution in [0.3, 0.4) is 0 Å². The number of hydrogen-bond donors (Lipinski definition) is 1. The second-order valence-corrected chi connectivity index (χ2v) is 8.59. The van der Waals surface area contributed by atoms with Crippen LogP contribution >= 0.6 is 0 Å². The molecule has 8 nitrogen and oxygen atoms in total. The lowest BCUT2D eigenvalue weighted by Gasteiger charge is -2.18. The Labute approximate surface area is 217 Å². The number of para-hydroxylation sites is 3. The van der Waals surface area contributed by atoms with Gasteiger partial charge in [-0.3, -0.25) is 4.79 Å². The Kier molecular flexibility index (Phi) is 8.51. The van der Waals surface area contributed by atoms with E-state index in [1.54, 1.807) is 12.1 Å². The summed E-state index contributed by atoms with van der Waals surface area (Å²) in [5.74, 6) is 2.69. The van der Waals surface area contributed by atoms with Crippen LogP contribution in [-0.2, 0) is 6.54 Å². The first kappa shape index (κ1) is 25.9. The van der Waals surface area contributed by atoms with Crippen LogP contribution in [0.1, 0.15) is 42.0 Å². The fraction of sp³-hybridized carbons (Fsp3) is 0.310. The molecule has 1 atom stereocenters. The first-order valence-electron chi connectivity index (χ1n) is 12.3. The lowest BCUT2D eigenvalue weighted by Crippen LogP contribution is -2.29. The van der Waals surface area contributed by atoms with Gasteiger partial charge in [0.15, 0.2) is 11.5 Å². The van der Waals surface area contributed by atoms with Crippen molar-refractivity contribution in [2.24, 2.45) is 0 Å². The average molecular weight is 504 g/mol. The smallest absolute Gasteiger partial charge is 0.252 e. The van der Waals surface area contributed by atoms with Gasteiger partial charge < -0.3 is 28.8 Å². The molecule has 0 aliphatic carbocycles. The molecule has 1 heterocycles. The third-order valence-electron chi connectivity index (χ3n) is 6.13. The number of amides is 1. The minimum absolute atomic E-state index is 0.262. The zero-order valence-corrected chi connectivity index (χ0v) is 21.7. The van der Waals surface area contributed by atoms with E-state index in [1.165, 1.54) is 21.3 Å². The lowest BCUT2D eigenvalue weighted by molar-refractivity contribution is 0.0936. The maximum atomic E-state index is 13.2. The summed E-state index contributed by atoms with van der Waals surface area (Å²) in [5, 5.41) is 3.08. The predicted molar refractivity (Wildman–Crippen MR) is 143 cm³/mol. The van der Waals surface area contributed by atoms with Crippen molar-refractivity contribution in [3.05, 3.63) is 78.1 Å². The molecule has 0 fully saturated rings. The molecule has 3 aromatic carbocycles. The summed E-state index contributed by atoms with van der Waals surface area (Å²) in [6.07, 6.45) is 1.81. The van der Waals surface area contributed by atoms with Crippen LogP contribution in [0.25, 0.3) is 11.0 Å². The van der Waals surface area contributed by atoms with Crippen molar-refractivity contribution < 1.29 is 23.7 Å². The Morgan fingerprint density at radius 2 is 1.59 bits per heavy atom. The number of fused-ring (bicyclic) bond motifs is 1. The molecule has 0 spiro atoms. The third-order valence-corrected chi connectivity index (χ3v) is 6.13.